The van der Waals surface area contributed by atoms with Crippen LogP contribution in [0.2, 0.25) is 5.02 Å². The zero-order valence-electron chi connectivity index (χ0n) is 15.4. The van der Waals surface area contributed by atoms with Crippen LogP contribution in [0.4, 0.5) is 0 Å². The molecule has 0 unspecified atom stereocenters. The van der Waals surface area contributed by atoms with E-state index in [0.29, 0.717) is 30.5 Å². The lowest BCUT2D eigenvalue weighted by Gasteiger charge is -2.24. The number of carbonyl (C=O) groups excluding carboxylic acids is 1. The molecule has 4 rings (SSSR count). The van der Waals surface area contributed by atoms with Crippen molar-refractivity contribution in [2.75, 3.05) is 13.2 Å². The van der Waals surface area contributed by atoms with Gasteiger partial charge in [0, 0.05) is 29.5 Å². The van der Waals surface area contributed by atoms with E-state index >= 15 is 0 Å². The Morgan fingerprint density at radius 1 is 1.29 bits per heavy atom. The fourth-order valence-electron chi connectivity index (χ4n) is 3.41. The van der Waals surface area contributed by atoms with Crippen molar-refractivity contribution in [3.63, 3.8) is 0 Å². The SMILES string of the molecule is C[C@H](C(=O)N1CCOc2c(O)cc(-c3cccc(Cl)c3)cc2C1)n1ccnc1. The molecule has 2 heterocycles. The van der Waals surface area contributed by atoms with E-state index in [9.17, 15) is 9.90 Å². The first-order valence-electron chi connectivity index (χ1n) is 9.04. The van der Waals surface area contributed by atoms with Gasteiger partial charge in [-0.1, -0.05) is 23.7 Å². The first-order chi connectivity index (χ1) is 13.5. The lowest BCUT2D eigenvalue weighted by Crippen LogP contribution is -2.37. The molecule has 3 aromatic rings. The average molecular weight is 398 g/mol. The number of hydrogen-bond donors (Lipinski definition) is 1. The average Bonchev–Trinajstić information content (AvgIpc) is 3.13. The van der Waals surface area contributed by atoms with E-state index in [4.69, 9.17) is 16.3 Å². The molecule has 1 aromatic heterocycles. The lowest BCUT2D eigenvalue weighted by atomic mass is 10.0. The summed E-state index contributed by atoms with van der Waals surface area (Å²) in [5.74, 6) is 0.461. The van der Waals surface area contributed by atoms with E-state index in [1.165, 1.54) is 0 Å². The number of aromatic nitrogens is 2. The summed E-state index contributed by atoms with van der Waals surface area (Å²) < 4.78 is 7.53. The van der Waals surface area contributed by atoms with Crippen LogP contribution in [-0.4, -0.2) is 38.6 Å². The van der Waals surface area contributed by atoms with Gasteiger partial charge in [0.05, 0.1) is 12.9 Å². The standard InChI is InChI=1S/C21H20ClN3O3/c1-14(25-6-5-23-13-25)21(27)24-7-8-28-20-17(12-24)9-16(11-19(20)26)15-3-2-4-18(22)10-15/h2-6,9-11,13-14,26H,7-8,12H2,1H3/t14-/m1/s1. The number of fused-ring (bicyclic) bond motifs is 1. The predicted octanol–water partition coefficient (Wildman–Crippen LogP) is 3.89. The van der Waals surface area contributed by atoms with Gasteiger partial charge in [-0.05, 0) is 42.3 Å². The van der Waals surface area contributed by atoms with Gasteiger partial charge in [0.1, 0.15) is 12.6 Å². The topological polar surface area (TPSA) is 67.6 Å². The maximum absolute atomic E-state index is 13.0. The molecule has 0 aliphatic carbocycles. The number of nitrogens with zero attached hydrogens (tertiary/aromatic N) is 3. The number of benzene rings is 2. The third-order valence-electron chi connectivity index (χ3n) is 4.91. The molecule has 0 saturated carbocycles. The van der Waals surface area contributed by atoms with Crippen LogP contribution in [0.1, 0.15) is 18.5 Å². The van der Waals surface area contributed by atoms with Gasteiger partial charge in [0.2, 0.25) is 5.91 Å². The first-order valence-corrected chi connectivity index (χ1v) is 9.41. The highest BCUT2D eigenvalue weighted by atomic mass is 35.5. The van der Waals surface area contributed by atoms with Crippen molar-refractivity contribution in [2.45, 2.75) is 19.5 Å². The molecule has 144 valence electrons. The third kappa shape index (κ3) is 3.55. The fourth-order valence-corrected chi connectivity index (χ4v) is 3.60. The maximum atomic E-state index is 13.0. The molecule has 28 heavy (non-hydrogen) atoms. The Balaban J connectivity index is 1.66. The maximum Gasteiger partial charge on any atom is 0.245 e. The number of carbonyl (C=O) groups is 1. The second kappa shape index (κ2) is 7.56. The molecule has 1 atom stereocenters. The Bertz CT molecular complexity index is 1000. The molecule has 0 fully saturated rings. The first kappa shape index (κ1) is 18.4. The second-order valence-corrected chi connectivity index (χ2v) is 7.22. The van der Waals surface area contributed by atoms with Gasteiger partial charge in [-0.3, -0.25) is 4.79 Å². The highest BCUT2D eigenvalue weighted by molar-refractivity contribution is 6.30. The Kier molecular flexibility index (Phi) is 4.96. The number of amides is 1. The van der Waals surface area contributed by atoms with Crippen LogP contribution in [0.5, 0.6) is 11.5 Å². The third-order valence-corrected chi connectivity index (χ3v) is 5.15. The Morgan fingerprint density at radius 2 is 2.14 bits per heavy atom. The van der Waals surface area contributed by atoms with Crippen molar-refractivity contribution in [3.8, 4) is 22.6 Å². The van der Waals surface area contributed by atoms with Gasteiger partial charge < -0.3 is 19.3 Å². The summed E-state index contributed by atoms with van der Waals surface area (Å²) in [4.78, 5) is 18.7. The van der Waals surface area contributed by atoms with E-state index in [1.54, 1.807) is 40.3 Å². The van der Waals surface area contributed by atoms with E-state index in [0.717, 1.165) is 16.7 Å². The van der Waals surface area contributed by atoms with Crippen molar-refractivity contribution < 1.29 is 14.6 Å². The predicted molar refractivity (Wildman–Crippen MR) is 106 cm³/mol. The number of aromatic hydroxyl groups is 1. The van der Waals surface area contributed by atoms with Gasteiger partial charge in [-0.25, -0.2) is 4.98 Å². The summed E-state index contributed by atoms with van der Waals surface area (Å²) in [7, 11) is 0. The van der Waals surface area contributed by atoms with Crippen molar-refractivity contribution >= 4 is 17.5 Å². The van der Waals surface area contributed by atoms with Crippen LogP contribution in [0.3, 0.4) is 0 Å². The number of hydrogen-bond acceptors (Lipinski definition) is 4. The minimum atomic E-state index is -0.367. The van der Waals surface area contributed by atoms with Crippen LogP contribution < -0.4 is 4.74 Å². The zero-order chi connectivity index (χ0) is 19.7. The van der Waals surface area contributed by atoms with E-state index in [2.05, 4.69) is 4.98 Å². The van der Waals surface area contributed by atoms with Crippen LogP contribution >= 0.6 is 11.6 Å². The summed E-state index contributed by atoms with van der Waals surface area (Å²) in [5.41, 5.74) is 2.47. The number of ether oxygens (including phenoxy) is 1. The van der Waals surface area contributed by atoms with E-state index in [1.807, 2.05) is 31.2 Å². The molecule has 0 spiro atoms. The summed E-state index contributed by atoms with van der Waals surface area (Å²) in [5, 5.41) is 11.1. The molecule has 1 aliphatic rings. The van der Waals surface area contributed by atoms with Crippen molar-refractivity contribution in [1.82, 2.24) is 14.5 Å². The second-order valence-electron chi connectivity index (χ2n) is 6.79. The molecule has 1 N–H and O–H groups in total. The van der Waals surface area contributed by atoms with Crippen molar-refractivity contribution in [1.29, 1.82) is 0 Å². The summed E-state index contributed by atoms with van der Waals surface area (Å²) >= 11 is 6.10. The molecule has 0 bridgehead atoms. The van der Waals surface area contributed by atoms with Crippen LogP contribution in [0.25, 0.3) is 11.1 Å². The van der Waals surface area contributed by atoms with Crippen molar-refractivity contribution in [2.24, 2.45) is 0 Å². The number of phenolic OH excluding ortho intramolecular Hbond substituents is 1. The molecule has 2 aromatic carbocycles. The molecular formula is C21H20ClN3O3. The summed E-state index contributed by atoms with van der Waals surface area (Å²) in [6, 6.07) is 10.7. The molecule has 0 radical (unpaired) electrons. The zero-order valence-corrected chi connectivity index (χ0v) is 16.1. The van der Waals surface area contributed by atoms with Gasteiger partial charge in [-0.15, -0.1) is 0 Å². The molecule has 1 aliphatic heterocycles. The lowest BCUT2D eigenvalue weighted by molar-refractivity contribution is -0.135. The van der Waals surface area contributed by atoms with Gasteiger partial charge in [0.15, 0.2) is 11.5 Å². The van der Waals surface area contributed by atoms with Crippen LogP contribution in [0.15, 0.2) is 55.1 Å². The van der Waals surface area contributed by atoms with Crippen LogP contribution in [-0.2, 0) is 11.3 Å². The molecule has 6 nitrogen and oxygen atoms in total. The van der Waals surface area contributed by atoms with Gasteiger partial charge in [-0.2, -0.15) is 0 Å². The minimum Gasteiger partial charge on any atom is -0.504 e. The van der Waals surface area contributed by atoms with Gasteiger partial charge >= 0.3 is 0 Å². The Labute approximate surface area is 168 Å². The van der Waals surface area contributed by atoms with Gasteiger partial charge in [0.25, 0.3) is 0 Å². The normalized spacial score (nSPS) is 14.7. The summed E-state index contributed by atoms with van der Waals surface area (Å²) in [6.07, 6.45) is 5.06. The fraction of sp³-hybridized carbons (Fsp3) is 0.238. The summed E-state index contributed by atoms with van der Waals surface area (Å²) in [6.45, 7) is 2.96. The minimum absolute atomic E-state index is 0.0258. The number of phenols is 1. The monoisotopic (exact) mass is 397 g/mol. The quantitative estimate of drug-likeness (QED) is 0.728. The largest absolute Gasteiger partial charge is 0.504 e. The molecule has 7 heteroatoms. The van der Waals surface area contributed by atoms with Crippen molar-refractivity contribution in [3.05, 3.63) is 65.7 Å². The number of imidazole rings is 1. The molecule has 0 saturated heterocycles. The van der Waals surface area contributed by atoms with Crippen LogP contribution in [0, 0.1) is 0 Å². The van der Waals surface area contributed by atoms with E-state index < -0.39 is 0 Å². The highest BCUT2D eigenvalue weighted by Crippen LogP contribution is 2.38. The Morgan fingerprint density at radius 3 is 2.89 bits per heavy atom. The number of halogens is 1. The van der Waals surface area contributed by atoms with E-state index in [-0.39, 0.29) is 17.7 Å². The highest BCUT2D eigenvalue weighted by Gasteiger charge is 2.26. The molecular weight excluding hydrogens is 378 g/mol. The Hall–Kier alpha value is -2.99. The smallest absolute Gasteiger partial charge is 0.245 e. The molecule has 1 amide bonds. The number of rotatable bonds is 3.